The first-order chi connectivity index (χ1) is 31.3. The number of nitrogens with two attached hydrogens (primary N) is 3. The molecule has 0 spiro atoms. The zero-order valence-corrected chi connectivity index (χ0v) is 38.1. The van der Waals surface area contributed by atoms with Crippen LogP contribution in [0.25, 0.3) is 11.1 Å². The number of guanidine groups is 1. The molecule has 368 valence electrons. The Bertz CT molecular complexity index is 1940. The van der Waals surface area contributed by atoms with Crippen LogP contribution in [-0.4, -0.2) is 190 Å². The minimum absolute atomic E-state index is 0.0339. The van der Waals surface area contributed by atoms with Crippen molar-refractivity contribution in [1.29, 1.82) is 0 Å². The first-order valence-corrected chi connectivity index (χ1v) is 22.2. The van der Waals surface area contributed by atoms with Crippen LogP contribution in [0, 0.1) is 0 Å². The predicted octanol–water partition coefficient (Wildman–Crippen LogP) is -1.85. The molecule has 0 aliphatic carbocycles. The molecule has 0 aliphatic rings. The van der Waals surface area contributed by atoms with Gasteiger partial charge in [0, 0.05) is 39.1 Å². The number of unbranched alkanes of at least 4 members (excludes halogenated alkanes) is 2. The normalized spacial score (nSPS) is 16.2. The minimum atomic E-state index is -1.88. The number of aromatic nitrogens is 2. The van der Waals surface area contributed by atoms with Gasteiger partial charge in [0.1, 0.15) is 36.6 Å². The van der Waals surface area contributed by atoms with E-state index < -0.39 is 68.0 Å². The first-order valence-electron chi connectivity index (χ1n) is 21.8. The van der Waals surface area contributed by atoms with Crippen molar-refractivity contribution in [2.45, 2.75) is 113 Å². The molecule has 21 nitrogen and oxygen atoms in total. The summed E-state index contributed by atoms with van der Waals surface area (Å²) in [7, 11) is 1.74. The van der Waals surface area contributed by atoms with Gasteiger partial charge in [-0.15, -0.1) is 0 Å². The molecule has 0 radical (unpaired) electrons. The third-order valence-electron chi connectivity index (χ3n) is 11.3. The van der Waals surface area contributed by atoms with Crippen LogP contribution in [0.4, 0.5) is 11.6 Å². The summed E-state index contributed by atoms with van der Waals surface area (Å²) in [5, 5.41) is 102. The van der Waals surface area contributed by atoms with Crippen LogP contribution in [0.15, 0.2) is 53.5 Å². The van der Waals surface area contributed by atoms with Gasteiger partial charge >= 0.3 is 0 Å². The molecule has 3 aromatic rings. The number of benzene rings is 2. The second kappa shape index (κ2) is 27.9. The SMILES string of the molecule is C[C@H](CCCCN(C[C@H](O)[C@@H](O)[C@H](O)[C@H](O)CO)C[C@H](O)[C@@H](O)[C@H](O)[C@H](O)CO)N(C)C(=O)CCc1ccc(-c2ccc(CCCCN=C(N)NC(=O)c3nc(Cl)c(N)nc3N)cc2)cc1. The molecule has 3 rings (SSSR count). The fourth-order valence-electron chi connectivity index (χ4n) is 6.96. The van der Waals surface area contributed by atoms with Crippen molar-refractivity contribution in [2.24, 2.45) is 10.7 Å². The predicted molar refractivity (Wildman–Crippen MR) is 248 cm³/mol. The quantitative estimate of drug-likeness (QED) is 0.0216. The van der Waals surface area contributed by atoms with Gasteiger partial charge in [0.05, 0.1) is 25.4 Å². The van der Waals surface area contributed by atoms with Crippen molar-refractivity contribution in [1.82, 2.24) is 25.1 Å². The van der Waals surface area contributed by atoms with E-state index in [1.165, 1.54) is 4.90 Å². The summed E-state index contributed by atoms with van der Waals surface area (Å²) in [5.41, 5.74) is 21.1. The molecule has 66 heavy (non-hydrogen) atoms. The lowest BCUT2D eigenvalue weighted by molar-refractivity contribution is -0.132. The van der Waals surface area contributed by atoms with Crippen LogP contribution >= 0.6 is 11.6 Å². The third kappa shape index (κ3) is 17.6. The standard InChI is InChI=1S/C44H68ClN9O12/c1-25(7-4-6-20-54(21-30(57)36(62)38(64)32(59)23-55)22-31(58)37(63)39(65)33(60)24-56)53(2)34(61)18-13-27-11-16-29(17-12-27)28-14-9-26(10-15-28)8-3-5-19-49-44(48)52-43(66)35-41(46)51-42(47)40(45)50-35/h9-12,14-17,25,30-33,36-39,55-60,62-65H,3-8,13,18-24H2,1-2H3,(H4,46,47,51)(H3,48,49,52,66)/t25-,30+,31+,32-,33-,36-,37-,38-,39-/m1/s1. The number of aliphatic hydroxyl groups excluding tert-OH is 10. The molecule has 1 aromatic heterocycles. The number of rotatable bonds is 28. The van der Waals surface area contributed by atoms with Crippen LogP contribution in [0.1, 0.15) is 67.1 Å². The van der Waals surface area contributed by atoms with Crippen LogP contribution in [0.5, 0.6) is 0 Å². The molecule has 1 heterocycles. The van der Waals surface area contributed by atoms with Gasteiger partial charge in [0.15, 0.2) is 28.4 Å². The summed E-state index contributed by atoms with van der Waals surface area (Å²) in [6.45, 7) is 0.0939. The zero-order chi connectivity index (χ0) is 49.1. The van der Waals surface area contributed by atoms with Crippen molar-refractivity contribution >= 4 is 41.0 Å². The number of aliphatic hydroxyl groups is 10. The van der Waals surface area contributed by atoms with Crippen LogP contribution in [0.2, 0.25) is 5.15 Å². The number of carbonyl (C=O) groups excluding carboxylic acids is 2. The van der Waals surface area contributed by atoms with Crippen LogP contribution < -0.4 is 22.5 Å². The Morgan fingerprint density at radius 2 is 1.21 bits per heavy atom. The number of halogens is 1. The van der Waals surface area contributed by atoms with Crippen molar-refractivity contribution < 1.29 is 60.7 Å². The highest BCUT2D eigenvalue weighted by molar-refractivity contribution is 6.31. The number of nitrogens with zero attached hydrogens (tertiary/aromatic N) is 5. The number of amides is 2. The fraction of sp³-hybridized carbons (Fsp3) is 0.568. The van der Waals surface area contributed by atoms with E-state index in [9.17, 15) is 50.4 Å². The highest BCUT2D eigenvalue weighted by Crippen LogP contribution is 2.23. The van der Waals surface area contributed by atoms with Gasteiger partial charge in [-0.3, -0.25) is 24.8 Å². The molecule has 2 amide bonds. The molecule has 17 N–H and O–H groups in total. The topological polar surface area (TPSA) is 371 Å². The zero-order valence-electron chi connectivity index (χ0n) is 37.3. The summed E-state index contributed by atoms with van der Waals surface area (Å²) < 4.78 is 0. The Hall–Kier alpha value is -4.62. The van der Waals surface area contributed by atoms with Crippen molar-refractivity contribution in [3.05, 3.63) is 70.5 Å². The molecule has 9 atom stereocenters. The lowest BCUT2D eigenvalue weighted by atomic mass is 9.99. The second-order valence-corrected chi connectivity index (χ2v) is 16.8. The van der Waals surface area contributed by atoms with E-state index in [1.807, 2.05) is 31.2 Å². The Kier molecular flexibility index (Phi) is 23.5. The van der Waals surface area contributed by atoms with Gasteiger partial charge in [-0.2, -0.15) is 0 Å². The number of aryl methyl sites for hydroxylation is 2. The summed E-state index contributed by atoms with van der Waals surface area (Å²) in [6.07, 6.45) is -9.33. The van der Waals surface area contributed by atoms with Crippen LogP contribution in [0.3, 0.4) is 0 Å². The van der Waals surface area contributed by atoms with Crippen molar-refractivity contribution in [2.75, 3.05) is 57.9 Å². The van der Waals surface area contributed by atoms with E-state index in [4.69, 9.17) is 39.0 Å². The summed E-state index contributed by atoms with van der Waals surface area (Å²) in [4.78, 5) is 40.5. The molecule has 0 bridgehead atoms. The van der Waals surface area contributed by atoms with Gasteiger partial charge in [-0.1, -0.05) is 66.6 Å². The van der Waals surface area contributed by atoms with E-state index in [1.54, 1.807) is 11.9 Å². The minimum Gasteiger partial charge on any atom is -0.394 e. The van der Waals surface area contributed by atoms with Gasteiger partial charge < -0.3 is 73.2 Å². The van der Waals surface area contributed by atoms with E-state index >= 15 is 0 Å². The number of nitrogen functional groups attached to an aromatic ring is 2. The summed E-state index contributed by atoms with van der Waals surface area (Å²) in [6, 6.07) is 16.2. The average Bonchev–Trinajstić information content (AvgIpc) is 3.31. The Morgan fingerprint density at radius 3 is 1.73 bits per heavy atom. The third-order valence-corrected chi connectivity index (χ3v) is 11.6. The number of anilines is 2. The molecular weight excluding hydrogens is 882 g/mol. The van der Waals surface area contributed by atoms with Crippen LogP contribution in [-0.2, 0) is 17.6 Å². The molecule has 0 unspecified atom stereocenters. The lowest BCUT2D eigenvalue weighted by Crippen LogP contribution is -2.53. The van der Waals surface area contributed by atoms with Gasteiger partial charge in [0.2, 0.25) is 5.91 Å². The molecule has 0 saturated heterocycles. The van der Waals surface area contributed by atoms with Gasteiger partial charge in [-0.05, 0) is 74.2 Å². The number of hydrogen-bond acceptors (Lipinski definition) is 18. The first kappa shape index (κ1) is 55.7. The number of nitrogens with one attached hydrogen (secondary N) is 1. The smallest absolute Gasteiger partial charge is 0.280 e. The number of carbonyl (C=O) groups is 2. The van der Waals surface area contributed by atoms with Gasteiger partial charge in [-0.25, -0.2) is 9.97 Å². The Balaban J connectivity index is 1.42. The van der Waals surface area contributed by atoms with E-state index in [2.05, 4.69) is 44.5 Å². The average molecular weight is 951 g/mol. The fourth-order valence-corrected chi connectivity index (χ4v) is 7.09. The molecule has 0 aliphatic heterocycles. The Morgan fingerprint density at radius 1 is 0.712 bits per heavy atom. The van der Waals surface area contributed by atoms with E-state index in [0.29, 0.717) is 38.6 Å². The molecule has 22 heteroatoms. The molecule has 0 saturated carbocycles. The molecule has 0 fully saturated rings. The highest BCUT2D eigenvalue weighted by atomic mass is 35.5. The summed E-state index contributed by atoms with van der Waals surface area (Å²) in [5.74, 6) is -1.09. The number of hydrogen-bond donors (Lipinski definition) is 14. The monoisotopic (exact) mass is 949 g/mol. The maximum absolute atomic E-state index is 13.2. The Labute approximate surface area is 389 Å². The highest BCUT2D eigenvalue weighted by Gasteiger charge is 2.34. The number of aliphatic imine (C=N–C) groups is 1. The maximum Gasteiger partial charge on any atom is 0.280 e. The van der Waals surface area contributed by atoms with E-state index in [-0.39, 0.29) is 60.0 Å². The van der Waals surface area contributed by atoms with Crippen molar-refractivity contribution in [3.63, 3.8) is 0 Å². The second-order valence-electron chi connectivity index (χ2n) is 16.4. The largest absolute Gasteiger partial charge is 0.394 e. The van der Waals surface area contributed by atoms with E-state index in [0.717, 1.165) is 41.5 Å². The lowest BCUT2D eigenvalue weighted by Gasteiger charge is -2.33. The maximum atomic E-state index is 13.2. The molecular formula is C44H68ClN9O12. The summed E-state index contributed by atoms with van der Waals surface area (Å²) >= 11 is 5.84. The van der Waals surface area contributed by atoms with Crippen molar-refractivity contribution in [3.8, 4) is 11.1 Å². The van der Waals surface area contributed by atoms with Gasteiger partial charge in [0.25, 0.3) is 5.91 Å². The molecule has 2 aromatic carbocycles.